The Balaban J connectivity index is 1.92. The van der Waals surface area contributed by atoms with Crippen molar-refractivity contribution in [3.63, 3.8) is 0 Å². The van der Waals surface area contributed by atoms with E-state index in [1.165, 1.54) is 36.8 Å². The van der Waals surface area contributed by atoms with Crippen LogP contribution >= 0.6 is 15.9 Å². The number of benzene rings is 1. The Kier molecular flexibility index (Phi) is 7.99. The summed E-state index contributed by atoms with van der Waals surface area (Å²) in [6.07, 6.45) is 0.935. The predicted molar refractivity (Wildman–Crippen MR) is 126 cm³/mol. The largest absolute Gasteiger partial charge is 0.497 e. The van der Waals surface area contributed by atoms with Crippen molar-refractivity contribution >= 4 is 31.9 Å². The summed E-state index contributed by atoms with van der Waals surface area (Å²) in [5.74, 6) is 0.148. The summed E-state index contributed by atoms with van der Waals surface area (Å²) in [5.41, 5.74) is 0.252. The zero-order valence-electron chi connectivity index (χ0n) is 18.9. The minimum Gasteiger partial charge on any atom is -0.497 e. The van der Waals surface area contributed by atoms with Gasteiger partial charge >= 0.3 is 0 Å². The molecular formula is C22H28BrN3O6S. The summed E-state index contributed by atoms with van der Waals surface area (Å²) < 4.78 is 39.3. The number of halogens is 1. The molecule has 1 aromatic heterocycles. The van der Waals surface area contributed by atoms with Crippen molar-refractivity contribution in [2.45, 2.75) is 30.9 Å². The van der Waals surface area contributed by atoms with E-state index in [-0.39, 0.29) is 47.9 Å². The van der Waals surface area contributed by atoms with E-state index in [0.29, 0.717) is 10.2 Å². The van der Waals surface area contributed by atoms with Crippen LogP contribution in [0.4, 0.5) is 0 Å². The number of carbonyl (C=O) groups is 1. The average Bonchev–Trinajstić information content (AvgIpc) is 2.81. The fraction of sp³-hybridized carbons (Fsp3) is 0.455. The molecule has 9 nitrogen and oxygen atoms in total. The zero-order chi connectivity index (χ0) is 24.3. The molecule has 0 fully saturated rings. The summed E-state index contributed by atoms with van der Waals surface area (Å²) in [6.45, 7) is 3.77. The third-order valence-corrected chi connectivity index (χ3v) is 7.96. The van der Waals surface area contributed by atoms with Gasteiger partial charge in [0.25, 0.3) is 5.91 Å². The molecule has 0 bridgehead atoms. The van der Waals surface area contributed by atoms with Gasteiger partial charge in [0.2, 0.25) is 15.9 Å². The molecule has 2 heterocycles. The molecule has 180 valence electrons. The highest BCUT2D eigenvalue weighted by Gasteiger charge is 2.35. The van der Waals surface area contributed by atoms with Crippen LogP contribution in [0.5, 0.6) is 11.6 Å². The summed E-state index contributed by atoms with van der Waals surface area (Å²) in [4.78, 5) is 19.1. The van der Waals surface area contributed by atoms with Gasteiger partial charge in [-0.2, -0.15) is 4.31 Å². The molecule has 11 heteroatoms. The third kappa shape index (κ3) is 5.48. The van der Waals surface area contributed by atoms with Gasteiger partial charge in [-0.15, -0.1) is 0 Å². The fourth-order valence-corrected chi connectivity index (χ4v) is 5.09. The number of hydrogen-bond acceptors (Lipinski definition) is 7. The van der Waals surface area contributed by atoms with Gasteiger partial charge in [0.15, 0.2) is 0 Å². The predicted octanol–water partition coefficient (Wildman–Crippen LogP) is 2.39. The molecule has 1 aromatic carbocycles. The van der Waals surface area contributed by atoms with Crippen LogP contribution in [0.1, 0.15) is 24.2 Å². The topological polar surface area (TPSA) is 109 Å². The van der Waals surface area contributed by atoms with Gasteiger partial charge in [0.05, 0.1) is 31.2 Å². The molecule has 0 saturated carbocycles. The summed E-state index contributed by atoms with van der Waals surface area (Å²) in [7, 11) is -0.785. The van der Waals surface area contributed by atoms with Gasteiger partial charge in [-0.1, -0.05) is 6.92 Å². The molecule has 2 aromatic rings. The normalized spacial score (nSPS) is 20.0. The van der Waals surface area contributed by atoms with Crippen LogP contribution in [-0.4, -0.2) is 79.6 Å². The first kappa shape index (κ1) is 25.4. The number of pyridine rings is 1. The van der Waals surface area contributed by atoms with Gasteiger partial charge in [0, 0.05) is 30.2 Å². The highest BCUT2D eigenvalue weighted by Crippen LogP contribution is 2.29. The maximum atomic E-state index is 13.2. The molecule has 0 spiro atoms. The second-order valence-corrected chi connectivity index (χ2v) is 11.1. The number of ether oxygens (including phenoxy) is 2. The number of aliphatic hydroxyl groups excluding tert-OH is 1. The SMILES string of the molecule is COc1ccc(S(=O)(=O)N(C)C[C@@H]2Oc3ncc(Br)cc3C(=O)N([C@H](C)CO)C[C@@H]2C)cc1. The molecule has 1 aliphatic heterocycles. The number of rotatable bonds is 7. The Labute approximate surface area is 202 Å². The molecular weight excluding hydrogens is 514 g/mol. The lowest BCUT2D eigenvalue weighted by Crippen LogP contribution is -2.50. The maximum absolute atomic E-state index is 13.2. The van der Waals surface area contributed by atoms with E-state index in [1.807, 2.05) is 6.92 Å². The van der Waals surface area contributed by atoms with E-state index >= 15 is 0 Å². The number of fused-ring (bicyclic) bond motifs is 1. The minimum atomic E-state index is -3.79. The maximum Gasteiger partial charge on any atom is 0.259 e. The summed E-state index contributed by atoms with van der Waals surface area (Å²) in [5, 5.41) is 9.69. The van der Waals surface area contributed by atoms with Crippen molar-refractivity contribution in [2.24, 2.45) is 5.92 Å². The molecule has 1 aliphatic rings. The van der Waals surface area contributed by atoms with Gasteiger partial charge in [-0.05, 0) is 53.2 Å². The lowest BCUT2D eigenvalue weighted by molar-refractivity contribution is 0.0373. The summed E-state index contributed by atoms with van der Waals surface area (Å²) >= 11 is 3.33. The van der Waals surface area contributed by atoms with Crippen LogP contribution in [0.15, 0.2) is 45.9 Å². The molecule has 1 amide bonds. The number of nitrogens with zero attached hydrogens (tertiary/aromatic N) is 3. The molecule has 33 heavy (non-hydrogen) atoms. The Hall–Kier alpha value is -2.21. The first-order valence-electron chi connectivity index (χ1n) is 10.4. The summed E-state index contributed by atoms with van der Waals surface area (Å²) in [6, 6.07) is 7.36. The quantitative estimate of drug-likeness (QED) is 0.573. The van der Waals surface area contributed by atoms with Gasteiger partial charge in [-0.3, -0.25) is 4.79 Å². The van der Waals surface area contributed by atoms with E-state index in [2.05, 4.69) is 20.9 Å². The van der Waals surface area contributed by atoms with E-state index < -0.39 is 22.2 Å². The monoisotopic (exact) mass is 541 g/mol. The molecule has 3 rings (SSSR count). The number of hydrogen-bond donors (Lipinski definition) is 1. The number of carbonyl (C=O) groups excluding carboxylic acids is 1. The number of sulfonamides is 1. The van der Waals surface area contributed by atoms with Crippen LogP contribution in [0.25, 0.3) is 0 Å². The number of methoxy groups -OCH3 is 1. The molecule has 1 N–H and O–H groups in total. The first-order chi connectivity index (χ1) is 15.6. The first-order valence-corrected chi connectivity index (χ1v) is 12.7. The van der Waals surface area contributed by atoms with Crippen molar-refractivity contribution in [2.75, 3.05) is 33.9 Å². The Morgan fingerprint density at radius 1 is 1.36 bits per heavy atom. The molecule has 0 unspecified atom stereocenters. The van der Waals surface area contributed by atoms with Crippen molar-refractivity contribution < 1.29 is 27.8 Å². The number of likely N-dealkylation sites (N-methyl/N-ethyl adjacent to an activating group) is 1. The molecule has 3 atom stereocenters. The molecule has 0 aliphatic carbocycles. The van der Waals surface area contributed by atoms with Crippen molar-refractivity contribution in [1.82, 2.24) is 14.2 Å². The van der Waals surface area contributed by atoms with E-state index in [9.17, 15) is 18.3 Å². The van der Waals surface area contributed by atoms with Crippen molar-refractivity contribution in [3.05, 3.63) is 46.6 Å². The van der Waals surface area contributed by atoms with Crippen LogP contribution in [0.2, 0.25) is 0 Å². The minimum absolute atomic E-state index is 0.0439. The Bertz CT molecular complexity index is 1100. The number of aromatic nitrogens is 1. The average molecular weight is 542 g/mol. The fourth-order valence-electron chi connectivity index (χ4n) is 3.57. The van der Waals surface area contributed by atoms with Gasteiger partial charge in [-0.25, -0.2) is 13.4 Å². The van der Waals surface area contributed by atoms with Crippen LogP contribution < -0.4 is 9.47 Å². The smallest absolute Gasteiger partial charge is 0.259 e. The zero-order valence-corrected chi connectivity index (χ0v) is 21.3. The second kappa shape index (κ2) is 10.4. The highest BCUT2D eigenvalue weighted by molar-refractivity contribution is 9.10. The van der Waals surface area contributed by atoms with Crippen molar-refractivity contribution in [1.29, 1.82) is 0 Å². The highest BCUT2D eigenvalue weighted by atomic mass is 79.9. The van der Waals surface area contributed by atoms with Crippen LogP contribution in [0, 0.1) is 5.92 Å². The lowest BCUT2D eigenvalue weighted by Gasteiger charge is -2.37. The van der Waals surface area contributed by atoms with E-state index in [0.717, 1.165) is 0 Å². The van der Waals surface area contributed by atoms with Crippen molar-refractivity contribution in [3.8, 4) is 11.6 Å². The van der Waals surface area contributed by atoms with Gasteiger partial charge in [0.1, 0.15) is 17.4 Å². The second-order valence-electron chi connectivity index (χ2n) is 8.09. The van der Waals surface area contributed by atoms with Crippen LogP contribution in [-0.2, 0) is 10.0 Å². The Morgan fingerprint density at radius 2 is 2.03 bits per heavy atom. The van der Waals surface area contributed by atoms with Crippen LogP contribution in [0.3, 0.4) is 0 Å². The Morgan fingerprint density at radius 3 is 2.64 bits per heavy atom. The molecule has 0 saturated heterocycles. The van der Waals surface area contributed by atoms with E-state index in [4.69, 9.17) is 9.47 Å². The number of aliphatic hydroxyl groups is 1. The third-order valence-electron chi connectivity index (χ3n) is 5.69. The standard InChI is InChI=1S/C22H28BrN3O6S/c1-14-11-26(15(2)13-27)22(28)19-9-16(23)10-24-21(19)32-20(14)12-25(3)33(29,30)18-7-5-17(31-4)6-8-18/h5-10,14-15,20,27H,11-13H2,1-4H3/t14-,15+,20-/m0/s1. The number of amides is 1. The van der Waals surface area contributed by atoms with E-state index in [1.54, 1.807) is 30.0 Å². The molecule has 0 radical (unpaired) electrons. The van der Waals surface area contributed by atoms with Gasteiger partial charge < -0.3 is 19.5 Å². The lowest BCUT2D eigenvalue weighted by atomic mass is 10.0.